The highest BCUT2D eigenvalue weighted by molar-refractivity contribution is 14.1. The van der Waals surface area contributed by atoms with Crippen molar-refractivity contribution in [2.24, 2.45) is 0 Å². The van der Waals surface area contributed by atoms with Crippen LogP contribution in [0, 0.1) is 9.39 Å². The van der Waals surface area contributed by atoms with Crippen LogP contribution in [-0.2, 0) is 0 Å². The van der Waals surface area contributed by atoms with Gasteiger partial charge >= 0.3 is 0 Å². The molecule has 72 valence electrons. The number of pyridine rings is 1. The Bertz CT molecular complexity index is 566. The quantitative estimate of drug-likeness (QED) is 0.743. The Kier molecular flexibility index (Phi) is 2.48. The third-order valence-corrected chi connectivity index (χ3v) is 2.96. The first-order valence-corrected chi connectivity index (χ1v) is 5.21. The predicted octanol–water partition coefficient (Wildman–Crippen LogP) is 2.93. The van der Waals surface area contributed by atoms with E-state index in [1.54, 1.807) is 6.20 Å². The number of aromatic nitrogens is 1. The molecule has 2 nitrogen and oxygen atoms in total. The summed E-state index contributed by atoms with van der Waals surface area (Å²) in [5.74, 6) is -0.505. The van der Waals surface area contributed by atoms with Gasteiger partial charge in [-0.25, -0.2) is 4.39 Å². The van der Waals surface area contributed by atoms with E-state index in [9.17, 15) is 9.18 Å². The number of rotatable bonds is 0. The van der Waals surface area contributed by atoms with Crippen molar-refractivity contribution in [2.75, 3.05) is 0 Å². The summed E-state index contributed by atoms with van der Waals surface area (Å²) in [6.07, 6.45) is 1.55. The fraction of sp³-hybridized carbons (Fsp3) is 0. The van der Waals surface area contributed by atoms with Crippen molar-refractivity contribution in [3.63, 3.8) is 0 Å². The average molecular weight is 323 g/mol. The number of H-pyrrole nitrogens is 1. The maximum Gasteiger partial charge on any atom is 0.202 e. The molecule has 0 radical (unpaired) electrons. The van der Waals surface area contributed by atoms with E-state index < -0.39 is 5.82 Å². The van der Waals surface area contributed by atoms with Crippen LogP contribution in [0.15, 0.2) is 23.1 Å². The van der Waals surface area contributed by atoms with E-state index in [2.05, 4.69) is 4.98 Å². The van der Waals surface area contributed by atoms with Gasteiger partial charge in [-0.05, 0) is 34.7 Å². The maximum atomic E-state index is 13.0. The number of fused-ring (bicyclic) bond motifs is 1. The first kappa shape index (κ1) is 9.92. The van der Waals surface area contributed by atoms with E-state index in [-0.39, 0.29) is 15.8 Å². The Labute approximate surface area is 97.2 Å². The number of hydrogen-bond donors (Lipinski definition) is 1. The summed E-state index contributed by atoms with van der Waals surface area (Å²) in [7, 11) is 0. The van der Waals surface area contributed by atoms with Crippen LogP contribution < -0.4 is 5.43 Å². The summed E-state index contributed by atoms with van der Waals surface area (Å²) in [5, 5.41) is 0.496. The molecule has 0 amide bonds. The largest absolute Gasteiger partial charge is 0.359 e. The highest BCUT2D eigenvalue weighted by atomic mass is 127. The summed E-state index contributed by atoms with van der Waals surface area (Å²) in [4.78, 5) is 14.4. The summed E-state index contributed by atoms with van der Waals surface area (Å²) < 4.78 is 13.5. The van der Waals surface area contributed by atoms with E-state index >= 15 is 0 Å². The molecule has 5 heteroatoms. The van der Waals surface area contributed by atoms with Gasteiger partial charge in [-0.15, -0.1) is 0 Å². The van der Waals surface area contributed by atoms with Gasteiger partial charge in [-0.3, -0.25) is 4.79 Å². The molecule has 0 bridgehead atoms. The van der Waals surface area contributed by atoms with Crippen LogP contribution >= 0.6 is 34.2 Å². The Morgan fingerprint density at radius 2 is 2.14 bits per heavy atom. The smallest absolute Gasteiger partial charge is 0.202 e. The molecule has 0 atom stereocenters. The number of halogens is 3. The number of hydrogen-bond acceptors (Lipinski definition) is 1. The Morgan fingerprint density at radius 3 is 2.86 bits per heavy atom. The summed E-state index contributed by atoms with van der Waals surface area (Å²) in [5.41, 5.74) is 0.263. The van der Waals surface area contributed by atoms with Gasteiger partial charge in [0.25, 0.3) is 0 Å². The SMILES string of the molecule is O=c1c(I)c[nH]c2c(Cl)cc(F)cc12. The Morgan fingerprint density at radius 1 is 1.43 bits per heavy atom. The second-order valence-corrected chi connectivity index (χ2v) is 4.35. The number of aromatic amines is 1. The maximum absolute atomic E-state index is 13.0. The third-order valence-electron chi connectivity index (χ3n) is 1.86. The van der Waals surface area contributed by atoms with Crippen LogP contribution in [0.4, 0.5) is 4.39 Å². The van der Waals surface area contributed by atoms with Crippen molar-refractivity contribution in [3.8, 4) is 0 Å². The lowest BCUT2D eigenvalue weighted by Gasteiger charge is -2.00. The van der Waals surface area contributed by atoms with Crippen molar-refractivity contribution in [3.05, 3.63) is 43.0 Å². The zero-order valence-electron chi connectivity index (χ0n) is 6.77. The molecule has 2 aromatic rings. The molecule has 0 aliphatic rings. The lowest BCUT2D eigenvalue weighted by atomic mass is 10.2. The van der Waals surface area contributed by atoms with Crippen molar-refractivity contribution in [2.45, 2.75) is 0 Å². The van der Waals surface area contributed by atoms with Crippen LogP contribution in [0.5, 0.6) is 0 Å². The van der Waals surface area contributed by atoms with Crippen LogP contribution in [0.1, 0.15) is 0 Å². The first-order chi connectivity index (χ1) is 6.59. The van der Waals surface area contributed by atoms with Gasteiger partial charge in [0, 0.05) is 6.20 Å². The lowest BCUT2D eigenvalue weighted by molar-refractivity contribution is 0.629. The molecule has 1 heterocycles. The van der Waals surface area contributed by atoms with Gasteiger partial charge in [0.1, 0.15) is 5.82 Å². The molecule has 0 fully saturated rings. The fourth-order valence-electron chi connectivity index (χ4n) is 1.23. The fourth-order valence-corrected chi connectivity index (χ4v) is 1.94. The molecule has 2 rings (SSSR count). The Hall–Kier alpha value is -0.620. The first-order valence-electron chi connectivity index (χ1n) is 3.75. The van der Waals surface area contributed by atoms with Gasteiger partial charge in [0.05, 0.1) is 19.5 Å². The molecule has 0 aliphatic carbocycles. The number of nitrogens with one attached hydrogen (secondary N) is 1. The van der Waals surface area contributed by atoms with Gasteiger partial charge in [-0.1, -0.05) is 11.6 Å². The van der Waals surface area contributed by atoms with E-state index in [1.807, 2.05) is 22.6 Å². The third kappa shape index (κ3) is 1.52. The second-order valence-electron chi connectivity index (χ2n) is 2.78. The normalized spacial score (nSPS) is 10.8. The van der Waals surface area contributed by atoms with E-state index in [1.165, 1.54) is 12.1 Å². The van der Waals surface area contributed by atoms with Gasteiger partial charge in [0.2, 0.25) is 5.43 Å². The van der Waals surface area contributed by atoms with Crippen molar-refractivity contribution >= 4 is 45.1 Å². The molecule has 0 aliphatic heterocycles. The molecule has 0 spiro atoms. The molecule has 14 heavy (non-hydrogen) atoms. The van der Waals surface area contributed by atoms with Gasteiger partial charge in [0.15, 0.2) is 0 Å². The topological polar surface area (TPSA) is 32.9 Å². The number of benzene rings is 1. The second kappa shape index (κ2) is 3.51. The summed E-state index contributed by atoms with van der Waals surface area (Å²) in [6.45, 7) is 0. The average Bonchev–Trinajstić information content (AvgIpc) is 2.12. The van der Waals surface area contributed by atoms with E-state index in [0.29, 0.717) is 9.09 Å². The zero-order valence-corrected chi connectivity index (χ0v) is 9.69. The predicted molar refractivity (Wildman–Crippen MR) is 62.3 cm³/mol. The summed E-state index contributed by atoms with van der Waals surface area (Å²) >= 11 is 7.66. The molecule has 0 unspecified atom stereocenters. The Balaban J connectivity index is 3.03. The molecule has 1 N–H and O–H groups in total. The van der Waals surface area contributed by atoms with Gasteiger partial charge in [-0.2, -0.15) is 0 Å². The minimum Gasteiger partial charge on any atom is -0.359 e. The van der Waals surface area contributed by atoms with E-state index in [4.69, 9.17) is 11.6 Å². The molecule has 1 aromatic heterocycles. The molecule has 1 aromatic carbocycles. The van der Waals surface area contributed by atoms with Crippen LogP contribution in [0.2, 0.25) is 5.02 Å². The minimum absolute atomic E-state index is 0.208. The minimum atomic E-state index is -0.505. The molecular weight excluding hydrogens is 319 g/mol. The van der Waals surface area contributed by atoms with Crippen LogP contribution in [-0.4, -0.2) is 4.98 Å². The van der Waals surface area contributed by atoms with E-state index in [0.717, 1.165) is 0 Å². The van der Waals surface area contributed by atoms with Crippen molar-refractivity contribution in [1.29, 1.82) is 0 Å². The van der Waals surface area contributed by atoms with Crippen LogP contribution in [0.3, 0.4) is 0 Å². The molecule has 0 saturated carbocycles. The highest BCUT2D eigenvalue weighted by Gasteiger charge is 2.07. The summed E-state index contributed by atoms with van der Waals surface area (Å²) in [6, 6.07) is 2.36. The van der Waals surface area contributed by atoms with Crippen molar-refractivity contribution < 1.29 is 4.39 Å². The van der Waals surface area contributed by atoms with Crippen molar-refractivity contribution in [1.82, 2.24) is 4.98 Å². The molecule has 0 saturated heterocycles. The zero-order chi connectivity index (χ0) is 10.3. The standard InChI is InChI=1S/C9H4ClFINO/c10-6-2-4(11)1-5-8(6)13-3-7(12)9(5)14/h1-3H,(H,13,14). The van der Waals surface area contributed by atoms with Crippen LogP contribution in [0.25, 0.3) is 10.9 Å². The monoisotopic (exact) mass is 323 g/mol. The molecular formula is C9H4ClFINO. The highest BCUT2D eigenvalue weighted by Crippen LogP contribution is 2.21. The van der Waals surface area contributed by atoms with Gasteiger partial charge < -0.3 is 4.98 Å². The lowest BCUT2D eigenvalue weighted by Crippen LogP contribution is -2.06.